The summed E-state index contributed by atoms with van der Waals surface area (Å²) in [6, 6.07) is 7.44. The number of aryl methyl sites for hydroxylation is 1. The van der Waals surface area contributed by atoms with E-state index < -0.39 is 0 Å². The Hall–Kier alpha value is -2.37. The molecule has 6 heteroatoms. The molecule has 1 aromatic carbocycles. The van der Waals surface area contributed by atoms with Crippen LogP contribution in [0.4, 0.5) is 5.95 Å². The third kappa shape index (κ3) is 3.80. The van der Waals surface area contributed by atoms with Gasteiger partial charge in [0.15, 0.2) is 0 Å². The van der Waals surface area contributed by atoms with E-state index in [4.69, 9.17) is 4.74 Å². The van der Waals surface area contributed by atoms with E-state index in [2.05, 4.69) is 20.5 Å². The van der Waals surface area contributed by atoms with Crippen LogP contribution in [-0.4, -0.2) is 27.7 Å². The number of hydrogen-bond donors (Lipinski definition) is 2. The minimum Gasteiger partial charge on any atom is -0.494 e. The Balaban J connectivity index is 1.91. The maximum absolute atomic E-state index is 11.8. The van der Waals surface area contributed by atoms with Gasteiger partial charge in [-0.15, -0.1) is 5.10 Å². The second-order valence-corrected chi connectivity index (χ2v) is 4.05. The normalized spacial score (nSPS) is 10.2. The lowest BCUT2D eigenvalue weighted by molar-refractivity contribution is -0.115. The zero-order valence-corrected chi connectivity index (χ0v) is 10.9. The fourth-order valence-electron chi connectivity index (χ4n) is 1.62. The number of rotatable bonds is 5. The van der Waals surface area contributed by atoms with Gasteiger partial charge in [-0.05, 0) is 31.5 Å². The van der Waals surface area contributed by atoms with Crippen LogP contribution in [0.5, 0.6) is 5.75 Å². The molecule has 0 aliphatic carbocycles. The molecule has 2 N–H and O–H groups in total. The van der Waals surface area contributed by atoms with Crippen molar-refractivity contribution >= 4 is 11.9 Å². The summed E-state index contributed by atoms with van der Waals surface area (Å²) in [7, 11) is 0. The first-order chi connectivity index (χ1) is 9.17. The van der Waals surface area contributed by atoms with Gasteiger partial charge in [-0.2, -0.15) is 4.98 Å². The molecule has 1 amide bonds. The van der Waals surface area contributed by atoms with E-state index >= 15 is 0 Å². The Morgan fingerprint density at radius 2 is 2.11 bits per heavy atom. The van der Waals surface area contributed by atoms with Gasteiger partial charge in [0, 0.05) is 0 Å². The third-order valence-corrected chi connectivity index (χ3v) is 2.45. The van der Waals surface area contributed by atoms with Crippen LogP contribution in [0.25, 0.3) is 0 Å². The summed E-state index contributed by atoms with van der Waals surface area (Å²) in [5.74, 6) is 1.62. The second-order valence-electron chi connectivity index (χ2n) is 4.05. The fraction of sp³-hybridized carbons (Fsp3) is 0.308. The number of aromatic amines is 1. The number of carbonyl (C=O) groups is 1. The maximum Gasteiger partial charge on any atom is 0.248 e. The van der Waals surface area contributed by atoms with E-state index in [9.17, 15) is 4.79 Å². The zero-order chi connectivity index (χ0) is 13.7. The van der Waals surface area contributed by atoms with Crippen molar-refractivity contribution in [2.75, 3.05) is 11.9 Å². The number of hydrogen-bond acceptors (Lipinski definition) is 4. The highest BCUT2D eigenvalue weighted by molar-refractivity contribution is 5.90. The van der Waals surface area contributed by atoms with Crippen LogP contribution >= 0.6 is 0 Å². The Kier molecular flexibility index (Phi) is 4.12. The Morgan fingerprint density at radius 1 is 1.37 bits per heavy atom. The van der Waals surface area contributed by atoms with E-state index in [1.165, 1.54) is 0 Å². The highest BCUT2D eigenvalue weighted by Gasteiger charge is 2.07. The van der Waals surface area contributed by atoms with Crippen molar-refractivity contribution < 1.29 is 9.53 Å². The van der Waals surface area contributed by atoms with Gasteiger partial charge in [0.1, 0.15) is 11.6 Å². The van der Waals surface area contributed by atoms with Crippen LogP contribution in [0.2, 0.25) is 0 Å². The molecular formula is C13H16N4O2. The van der Waals surface area contributed by atoms with Gasteiger partial charge in [-0.1, -0.05) is 12.1 Å². The van der Waals surface area contributed by atoms with Crippen molar-refractivity contribution in [3.8, 4) is 5.75 Å². The summed E-state index contributed by atoms with van der Waals surface area (Å²) < 4.78 is 5.34. The highest BCUT2D eigenvalue weighted by atomic mass is 16.5. The number of benzene rings is 1. The van der Waals surface area contributed by atoms with Crippen molar-refractivity contribution in [2.45, 2.75) is 20.3 Å². The minimum atomic E-state index is -0.150. The molecule has 0 aliphatic rings. The predicted molar refractivity (Wildman–Crippen MR) is 71.1 cm³/mol. The molecule has 0 saturated heterocycles. The Bertz CT molecular complexity index is 548. The van der Waals surface area contributed by atoms with Gasteiger partial charge < -0.3 is 4.74 Å². The number of ether oxygens (including phenoxy) is 1. The van der Waals surface area contributed by atoms with Crippen molar-refractivity contribution in [1.29, 1.82) is 0 Å². The van der Waals surface area contributed by atoms with Crippen LogP contribution < -0.4 is 10.1 Å². The van der Waals surface area contributed by atoms with Crippen molar-refractivity contribution in [3.05, 3.63) is 35.7 Å². The molecule has 19 heavy (non-hydrogen) atoms. The standard InChI is InChI=1S/C13H16N4O2/c1-3-19-11-6-4-10(5-7-11)8-12(18)15-13-14-9(2)16-17-13/h4-7H,3,8H2,1-2H3,(H2,14,15,16,17,18). The minimum absolute atomic E-state index is 0.150. The zero-order valence-electron chi connectivity index (χ0n) is 10.9. The third-order valence-electron chi connectivity index (χ3n) is 2.45. The monoisotopic (exact) mass is 260 g/mol. The Morgan fingerprint density at radius 3 is 2.68 bits per heavy atom. The molecule has 0 saturated carbocycles. The Labute approximate surface area is 111 Å². The molecule has 0 atom stereocenters. The van der Waals surface area contributed by atoms with E-state index in [-0.39, 0.29) is 12.3 Å². The van der Waals surface area contributed by atoms with Crippen LogP contribution in [0.1, 0.15) is 18.3 Å². The molecular weight excluding hydrogens is 244 g/mol. The quantitative estimate of drug-likeness (QED) is 0.857. The smallest absolute Gasteiger partial charge is 0.248 e. The summed E-state index contributed by atoms with van der Waals surface area (Å²) in [4.78, 5) is 15.8. The first-order valence-corrected chi connectivity index (χ1v) is 6.08. The number of aromatic nitrogens is 3. The van der Waals surface area contributed by atoms with Crippen molar-refractivity contribution in [1.82, 2.24) is 15.2 Å². The summed E-state index contributed by atoms with van der Waals surface area (Å²) >= 11 is 0. The molecule has 1 heterocycles. The summed E-state index contributed by atoms with van der Waals surface area (Å²) in [5, 5.41) is 9.14. The lowest BCUT2D eigenvalue weighted by Gasteiger charge is -2.04. The first-order valence-electron chi connectivity index (χ1n) is 6.08. The first kappa shape index (κ1) is 13.1. The van der Waals surface area contributed by atoms with Gasteiger partial charge in [0.2, 0.25) is 11.9 Å². The van der Waals surface area contributed by atoms with Crippen LogP contribution in [0.3, 0.4) is 0 Å². The largest absolute Gasteiger partial charge is 0.494 e. The molecule has 0 fully saturated rings. The summed E-state index contributed by atoms with van der Waals surface area (Å²) in [6.07, 6.45) is 0.278. The molecule has 0 radical (unpaired) electrons. The summed E-state index contributed by atoms with van der Waals surface area (Å²) in [5.41, 5.74) is 0.910. The van der Waals surface area contributed by atoms with E-state index in [0.717, 1.165) is 11.3 Å². The number of anilines is 1. The van der Waals surface area contributed by atoms with Gasteiger partial charge in [-0.3, -0.25) is 15.2 Å². The van der Waals surface area contributed by atoms with E-state index in [1.54, 1.807) is 6.92 Å². The van der Waals surface area contributed by atoms with E-state index in [1.807, 2.05) is 31.2 Å². The molecule has 0 bridgehead atoms. The van der Waals surface area contributed by atoms with Gasteiger partial charge in [0.25, 0.3) is 0 Å². The lowest BCUT2D eigenvalue weighted by Crippen LogP contribution is -2.15. The summed E-state index contributed by atoms with van der Waals surface area (Å²) in [6.45, 7) is 4.33. The highest BCUT2D eigenvalue weighted by Crippen LogP contribution is 2.12. The maximum atomic E-state index is 11.8. The molecule has 0 unspecified atom stereocenters. The second kappa shape index (κ2) is 5.99. The molecule has 100 valence electrons. The number of nitrogens with one attached hydrogen (secondary N) is 2. The fourth-order valence-corrected chi connectivity index (χ4v) is 1.62. The number of amides is 1. The van der Waals surface area contributed by atoms with Crippen molar-refractivity contribution in [3.63, 3.8) is 0 Å². The molecule has 6 nitrogen and oxygen atoms in total. The average Bonchev–Trinajstić information content (AvgIpc) is 2.77. The SMILES string of the molecule is CCOc1ccc(CC(=O)Nc2n[nH]c(C)n2)cc1. The van der Waals surface area contributed by atoms with E-state index in [0.29, 0.717) is 18.4 Å². The molecule has 2 rings (SSSR count). The number of H-pyrrole nitrogens is 1. The predicted octanol–water partition coefficient (Wildman–Crippen LogP) is 1.69. The number of carbonyl (C=O) groups excluding carboxylic acids is 1. The van der Waals surface area contributed by atoms with Gasteiger partial charge in [-0.25, -0.2) is 0 Å². The van der Waals surface area contributed by atoms with Gasteiger partial charge >= 0.3 is 0 Å². The molecule has 0 aliphatic heterocycles. The van der Waals surface area contributed by atoms with Crippen LogP contribution in [-0.2, 0) is 11.2 Å². The average molecular weight is 260 g/mol. The van der Waals surface area contributed by atoms with Crippen LogP contribution in [0.15, 0.2) is 24.3 Å². The molecule has 2 aromatic rings. The van der Waals surface area contributed by atoms with Crippen LogP contribution in [0, 0.1) is 6.92 Å². The lowest BCUT2D eigenvalue weighted by atomic mass is 10.1. The molecule has 1 aromatic heterocycles. The topological polar surface area (TPSA) is 79.9 Å². The number of nitrogens with zero attached hydrogens (tertiary/aromatic N) is 2. The van der Waals surface area contributed by atoms with Crippen molar-refractivity contribution in [2.24, 2.45) is 0 Å². The van der Waals surface area contributed by atoms with Gasteiger partial charge in [0.05, 0.1) is 13.0 Å². The molecule has 0 spiro atoms.